The van der Waals surface area contributed by atoms with Gasteiger partial charge in [-0.1, -0.05) is 39.8 Å². The van der Waals surface area contributed by atoms with Crippen LogP contribution in [0.3, 0.4) is 0 Å². The molecule has 2 rings (SSSR count). The molecule has 2 atom stereocenters. The molecule has 0 saturated carbocycles. The quantitative estimate of drug-likeness (QED) is 0.676. The van der Waals surface area contributed by atoms with Crippen LogP contribution < -0.4 is 5.32 Å². The Kier molecular flexibility index (Phi) is 7.13. The second-order valence-corrected chi connectivity index (χ2v) is 7.49. The first-order valence-corrected chi connectivity index (χ1v) is 9.80. The summed E-state index contributed by atoms with van der Waals surface area (Å²) in [5.74, 6) is -0.858. The van der Waals surface area contributed by atoms with Crippen molar-refractivity contribution >= 4 is 17.7 Å². The number of imide groups is 1. The molecule has 1 heterocycles. The molecule has 1 aliphatic rings. The third-order valence-corrected chi connectivity index (χ3v) is 5.14. The molecule has 0 spiro atoms. The molecule has 0 fully saturated rings. The van der Waals surface area contributed by atoms with Crippen LogP contribution in [-0.4, -0.2) is 59.2 Å². The summed E-state index contributed by atoms with van der Waals surface area (Å²) in [6.07, 6.45) is 0.441. The lowest BCUT2D eigenvalue weighted by Crippen LogP contribution is -2.52. The number of hydrogen-bond acceptors (Lipinski definition) is 4. The second-order valence-electron chi connectivity index (χ2n) is 7.49. The number of nitrogens with one attached hydrogen (secondary N) is 1. The molecule has 0 aromatic heterocycles. The highest BCUT2D eigenvalue weighted by atomic mass is 16.2. The van der Waals surface area contributed by atoms with Crippen LogP contribution in [0.2, 0.25) is 0 Å². The van der Waals surface area contributed by atoms with Gasteiger partial charge in [0.25, 0.3) is 11.8 Å². The molecule has 0 aliphatic carbocycles. The van der Waals surface area contributed by atoms with E-state index < -0.39 is 6.04 Å². The number of carbonyl (C=O) groups is 3. The fourth-order valence-electron chi connectivity index (χ4n) is 3.61. The molecule has 3 amide bonds. The molecule has 1 aromatic carbocycles. The zero-order chi connectivity index (χ0) is 20.1. The average molecular weight is 373 g/mol. The van der Waals surface area contributed by atoms with Gasteiger partial charge >= 0.3 is 0 Å². The largest absolute Gasteiger partial charge is 0.353 e. The molecule has 6 heteroatoms. The average Bonchev–Trinajstić information content (AvgIpc) is 2.90. The zero-order valence-electron chi connectivity index (χ0n) is 17.0. The van der Waals surface area contributed by atoms with Gasteiger partial charge < -0.3 is 5.32 Å². The predicted octanol–water partition coefficient (Wildman–Crippen LogP) is 2.54. The number of amides is 3. The molecule has 2 unspecified atom stereocenters. The van der Waals surface area contributed by atoms with E-state index in [1.807, 2.05) is 13.8 Å². The zero-order valence-corrected chi connectivity index (χ0v) is 17.0. The first-order valence-electron chi connectivity index (χ1n) is 9.80. The lowest BCUT2D eigenvalue weighted by molar-refractivity contribution is -0.125. The Morgan fingerprint density at radius 3 is 2.00 bits per heavy atom. The van der Waals surface area contributed by atoms with E-state index in [9.17, 15) is 14.4 Å². The van der Waals surface area contributed by atoms with E-state index in [-0.39, 0.29) is 29.7 Å². The van der Waals surface area contributed by atoms with E-state index in [1.165, 1.54) is 0 Å². The van der Waals surface area contributed by atoms with Gasteiger partial charge in [-0.15, -0.1) is 0 Å². The lowest BCUT2D eigenvalue weighted by Gasteiger charge is -2.30. The van der Waals surface area contributed by atoms with Crippen molar-refractivity contribution in [3.05, 3.63) is 35.4 Å². The van der Waals surface area contributed by atoms with Crippen molar-refractivity contribution < 1.29 is 14.4 Å². The Hall–Kier alpha value is -2.21. The monoisotopic (exact) mass is 373 g/mol. The van der Waals surface area contributed by atoms with Crippen LogP contribution in [0, 0.1) is 5.92 Å². The Bertz CT molecular complexity index is 663. The van der Waals surface area contributed by atoms with Crippen LogP contribution >= 0.6 is 0 Å². The van der Waals surface area contributed by atoms with Crippen LogP contribution in [0.5, 0.6) is 0 Å². The van der Waals surface area contributed by atoms with Gasteiger partial charge in [-0.2, -0.15) is 0 Å². The van der Waals surface area contributed by atoms with Gasteiger partial charge in [0.15, 0.2) is 0 Å². The Morgan fingerprint density at radius 1 is 1.04 bits per heavy atom. The second kappa shape index (κ2) is 9.13. The van der Waals surface area contributed by atoms with Gasteiger partial charge in [0.2, 0.25) is 5.91 Å². The minimum atomic E-state index is -0.790. The summed E-state index contributed by atoms with van der Waals surface area (Å²) in [7, 11) is 0. The SMILES string of the molecule is CCN(CC)C(C)CNC(=O)C(CC(C)C)N1C(=O)c2ccccc2C1=O. The smallest absolute Gasteiger partial charge is 0.262 e. The molecular formula is C21H31N3O3. The van der Waals surface area contributed by atoms with Crippen molar-refractivity contribution in [2.24, 2.45) is 5.92 Å². The van der Waals surface area contributed by atoms with E-state index in [4.69, 9.17) is 0 Å². The van der Waals surface area contributed by atoms with Gasteiger partial charge in [-0.25, -0.2) is 0 Å². The third-order valence-electron chi connectivity index (χ3n) is 5.14. The summed E-state index contributed by atoms with van der Waals surface area (Å²) in [5, 5.41) is 2.96. The summed E-state index contributed by atoms with van der Waals surface area (Å²) in [5.41, 5.74) is 0.751. The highest BCUT2D eigenvalue weighted by molar-refractivity contribution is 6.22. The van der Waals surface area contributed by atoms with E-state index in [2.05, 4.69) is 31.0 Å². The van der Waals surface area contributed by atoms with Crippen LogP contribution in [0.25, 0.3) is 0 Å². The molecule has 0 radical (unpaired) electrons. The maximum atomic E-state index is 12.9. The summed E-state index contributed by atoms with van der Waals surface area (Å²) in [6, 6.07) is 6.14. The van der Waals surface area contributed by atoms with Crippen molar-refractivity contribution in [2.75, 3.05) is 19.6 Å². The molecule has 0 saturated heterocycles. The third kappa shape index (κ3) is 4.56. The first kappa shape index (κ1) is 21.1. The number of nitrogens with zero attached hydrogens (tertiary/aromatic N) is 2. The van der Waals surface area contributed by atoms with E-state index in [1.54, 1.807) is 24.3 Å². The minimum Gasteiger partial charge on any atom is -0.353 e. The standard InChI is InChI=1S/C21H31N3O3/c1-6-23(7-2)15(5)13-22-19(25)18(12-14(3)4)24-20(26)16-10-8-9-11-17(16)21(24)27/h8-11,14-15,18H,6-7,12-13H2,1-5H3,(H,22,25). The van der Waals surface area contributed by atoms with Gasteiger partial charge in [0.1, 0.15) is 6.04 Å². The molecule has 1 aromatic rings. The summed E-state index contributed by atoms with van der Waals surface area (Å²) >= 11 is 0. The molecule has 1 aliphatic heterocycles. The van der Waals surface area contributed by atoms with Crippen LogP contribution in [0.4, 0.5) is 0 Å². The maximum absolute atomic E-state index is 12.9. The van der Waals surface area contributed by atoms with Crippen LogP contribution in [0.1, 0.15) is 61.8 Å². The fraction of sp³-hybridized carbons (Fsp3) is 0.571. The molecule has 1 N–H and O–H groups in total. The number of carbonyl (C=O) groups excluding carboxylic acids is 3. The normalized spacial score (nSPS) is 16.0. The molecular weight excluding hydrogens is 342 g/mol. The number of hydrogen-bond donors (Lipinski definition) is 1. The molecule has 27 heavy (non-hydrogen) atoms. The predicted molar refractivity (Wildman–Crippen MR) is 106 cm³/mol. The molecule has 148 valence electrons. The summed E-state index contributed by atoms with van der Waals surface area (Å²) in [6.45, 7) is 12.5. The van der Waals surface area contributed by atoms with Gasteiger partial charge in [-0.3, -0.25) is 24.2 Å². The Labute approximate surface area is 161 Å². The van der Waals surface area contributed by atoms with Crippen molar-refractivity contribution in [2.45, 2.75) is 53.1 Å². The summed E-state index contributed by atoms with van der Waals surface area (Å²) in [4.78, 5) is 41.9. The van der Waals surface area contributed by atoms with Crippen LogP contribution in [-0.2, 0) is 4.79 Å². The van der Waals surface area contributed by atoms with Gasteiger partial charge in [0.05, 0.1) is 11.1 Å². The van der Waals surface area contributed by atoms with E-state index in [0.29, 0.717) is 24.1 Å². The number of fused-ring (bicyclic) bond motifs is 1. The highest BCUT2D eigenvalue weighted by Gasteiger charge is 2.42. The lowest BCUT2D eigenvalue weighted by atomic mass is 10.0. The first-order chi connectivity index (χ1) is 12.8. The summed E-state index contributed by atoms with van der Waals surface area (Å²) < 4.78 is 0. The number of rotatable bonds is 9. The fourth-order valence-corrected chi connectivity index (χ4v) is 3.61. The van der Waals surface area contributed by atoms with Gasteiger partial charge in [-0.05, 0) is 44.5 Å². The molecule has 6 nitrogen and oxygen atoms in total. The maximum Gasteiger partial charge on any atom is 0.262 e. The minimum absolute atomic E-state index is 0.172. The topological polar surface area (TPSA) is 69.7 Å². The van der Waals surface area contributed by atoms with Crippen molar-refractivity contribution in [3.8, 4) is 0 Å². The molecule has 0 bridgehead atoms. The number of likely N-dealkylation sites (N-methyl/N-ethyl adjacent to an activating group) is 1. The Morgan fingerprint density at radius 2 is 1.56 bits per heavy atom. The van der Waals surface area contributed by atoms with Crippen molar-refractivity contribution in [1.29, 1.82) is 0 Å². The Balaban J connectivity index is 2.17. The van der Waals surface area contributed by atoms with Crippen molar-refractivity contribution in [1.82, 2.24) is 15.1 Å². The van der Waals surface area contributed by atoms with E-state index >= 15 is 0 Å². The number of benzene rings is 1. The van der Waals surface area contributed by atoms with E-state index in [0.717, 1.165) is 18.0 Å². The highest BCUT2D eigenvalue weighted by Crippen LogP contribution is 2.27. The van der Waals surface area contributed by atoms with Crippen molar-refractivity contribution in [3.63, 3.8) is 0 Å². The van der Waals surface area contributed by atoms with Gasteiger partial charge in [0, 0.05) is 12.6 Å². The van der Waals surface area contributed by atoms with Crippen LogP contribution in [0.15, 0.2) is 24.3 Å².